The number of likely N-dealkylation sites (N-methyl/N-ethyl adjacent to an activating group) is 5. The summed E-state index contributed by atoms with van der Waals surface area (Å²) in [4.78, 5) is 83.6. The van der Waals surface area contributed by atoms with Gasteiger partial charge in [-0.15, -0.1) is 0 Å². The molecule has 0 aliphatic carbocycles. The maximum Gasteiger partial charge on any atom is 0.324 e. The Hall–Kier alpha value is -3.22. The molecule has 0 bridgehead atoms. The van der Waals surface area contributed by atoms with Crippen LogP contribution in [0.5, 0.6) is 0 Å². The van der Waals surface area contributed by atoms with Gasteiger partial charge in [-0.25, -0.2) is 4.79 Å². The van der Waals surface area contributed by atoms with Gasteiger partial charge >= 0.3 is 6.03 Å². The third kappa shape index (κ3) is 13.3. The molecule has 7 amide bonds. The van der Waals surface area contributed by atoms with E-state index in [0.29, 0.717) is 19.3 Å². The summed E-state index contributed by atoms with van der Waals surface area (Å²) >= 11 is 0. The van der Waals surface area contributed by atoms with Gasteiger partial charge in [0.05, 0.1) is 6.04 Å². The predicted octanol–water partition coefficient (Wildman–Crippen LogP) is 2.20. The number of nitrogens with zero attached hydrogens (tertiary/aromatic N) is 3. The minimum absolute atomic E-state index is 0.00277. The van der Waals surface area contributed by atoms with Gasteiger partial charge in [-0.2, -0.15) is 0 Å². The largest absolute Gasteiger partial charge is 0.357 e. The van der Waals surface area contributed by atoms with Crippen LogP contribution < -0.4 is 21.3 Å². The van der Waals surface area contributed by atoms with E-state index in [-0.39, 0.29) is 47.8 Å². The fourth-order valence-corrected chi connectivity index (χ4v) is 5.33. The smallest absolute Gasteiger partial charge is 0.324 e. The van der Waals surface area contributed by atoms with Gasteiger partial charge in [0.2, 0.25) is 29.5 Å². The molecular weight excluding hydrogens is 590 g/mol. The van der Waals surface area contributed by atoms with Gasteiger partial charge in [0.25, 0.3) is 0 Å². The fourth-order valence-electron chi connectivity index (χ4n) is 5.33. The van der Waals surface area contributed by atoms with Gasteiger partial charge in [0.1, 0.15) is 24.2 Å². The summed E-state index contributed by atoms with van der Waals surface area (Å²) < 4.78 is 0. The normalized spacial score (nSPS) is 14.7. The van der Waals surface area contributed by atoms with Crippen LogP contribution in [-0.4, -0.2) is 116 Å². The maximum atomic E-state index is 14.1. The average Bonchev–Trinajstić information content (AvgIpc) is 2.96. The lowest BCUT2D eigenvalue weighted by Gasteiger charge is -2.38. The predicted molar refractivity (Wildman–Crippen MR) is 181 cm³/mol. The van der Waals surface area contributed by atoms with Crippen molar-refractivity contribution in [1.29, 1.82) is 0 Å². The lowest BCUT2D eigenvalue weighted by molar-refractivity contribution is -0.150. The second kappa shape index (κ2) is 20.1. The Balaban J connectivity index is 6.11. The van der Waals surface area contributed by atoms with Crippen LogP contribution in [0.4, 0.5) is 4.79 Å². The fraction of sp³-hybridized carbons (Fsp3) is 0.818. The van der Waals surface area contributed by atoms with Gasteiger partial charge in [0, 0.05) is 28.2 Å². The number of carbonyl (C=O) groups excluding carboxylic acids is 6. The van der Waals surface area contributed by atoms with Crippen molar-refractivity contribution in [2.45, 2.75) is 118 Å². The zero-order valence-corrected chi connectivity index (χ0v) is 30.8. The van der Waals surface area contributed by atoms with E-state index >= 15 is 0 Å². The molecule has 0 fully saturated rings. The SMILES string of the molecule is CNC(=O)[C@H](C(C)C)N(C)C(=O)[C@H](CCC(C)C)N(C)C(=O)[C@@H](CC(C)C)N(C)C(=O)NC(=O)[C@H](C)NC(=O)[C@H](CC(C)C)NC. The minimum atomic E-state index is -1.00. The number of carbonyl (C=O) groups is 6. The van der Waals surface area contributed by atoms with Crippen molar-refractivity contribution in [2.75, 3.05) is 35.2 Å². The Morgan fingerprint density at radius 1 is 0.587 bits per heavy atom. The van der Waals surface area contributed by atoms with Crippen LogP contribution in [0.3, 0.4) is 0 Å². The van der Waals surface area contributed by atoms with Crippen molar-refractivity contribution in [3.63, 3.8) is 0 Å². The van der Waals surface area contributed by atoms with Gasteiger partial charge in [-0.1, -0.05) is 55.4 Å². The molecule has 0 aromatic heterocycles. The van der Waals surface area contributed by atoms with Crippen LogP contribution in [0, 0.1) is 23.7 Å². The molecule has 0 spiro atoms. The molecule has 0 radical (unpaired) electrons. The van der Waals surface area contributed by atoms with E-state index in [2.05, 4.69) is 21.3 Å². The highest BCUT2D eigenvalue weighted by Gasteiger charge is 2.39. The van der Waals surface area contributed by atoms with Crippen LogP contribution in [0.25, 0.3) is 0 Å². The zero-order valence-electron chi connectivity index (χ0n) is 30.8. The van der Waals surface area contributed by atoms with E-state index in [0.717, 1.165) is 0 Å². The van der Waals surface area contributed by atoms with E-state index in [1.54, 1.807) is 21.1 Å². The molecule has 0 aromatic carbocycles. The Morgan fingerprint density at radius 2 is 1.11 bits per heavy atom. The topological polar surface area (TPSA) is 160 Å². The number of rotatable bonds is 18. The molecule has 4 N–H and O–H groups in total. The molecule has 46 heavy (non-hydrogen) atoms. The van der Waals surface area contributed by atoms with Crippen LogP contribution in [0.1, 0.15) is 88.0 Å². The molecule has 0 aromatic rings. The first-order chi connectivity index (χ1) is 21.2. The van der Waals surface area contributed by atoms with Gasteiger partial charge in [-0.3, -0.25) is 29.3 Å². The molecule has 0 aliphatic rings. The van der Waals surface area contributed by atoms with E-state index in [4.69, 9.17) is 0 Å². The van der Waals surface area contributed by atoms with Gasteiger partial charge < -0.3 is 30.7 Å². The molecule has 0 unspecified atom stereocenters. The molecule has 5 atom stereocenters. The Bertz CT molecular complexity index is 1030. The number of imide groups is 1. The molecule has 0 saturated carbocycles. The second-order valence-corrected chi connectivity index (χ2v) is 13.9. The van der Waals surface area contributed by atoms with Crippen LogP contribution in [-0.2, 0) is 24.0 Å². The number of hydrogen-bond acceptors (Lipinski definition) is 7. The Morgan fingerprint density at radius 3 is 1.54 bits per heavy atom. The number of amides is 7. The molecule has 0 saturated heterocycles. The van der Waals surface area contributed by atoms with Gasteiger partial charge in [-0.05, 0) is 63.3 Å². The molecule has 13 nitrogen and oxygen atoms in total. The van der Waals surface area contributed by atoms with Crippen LogP contribution >= 0.6 is 0 Å². The summed E-state index contributed by atoms with van der Waals surface area (Å²) in [5.74, 6) is -1.86. The van der Waals surface area contributed by atoms with Crippen molar-refractivity contribution >= 4 is 35.6 Å². The first-order valence-electron chi connectivity index (χ1n) is 16.5. The highest BCUT2D eigenvalue weighted by molar-refractivity contribution is 6.00. The molecule has 0 aliphatic heterocycles. The summed E-state index contributed by atoms with van der Waals surface area (Å²) in [7, 11) is 7.73. The van der Waals surface area contributed by atoms with Crippen molar-refractivity contribution < 1.29 is 28.8 Å². The standard InChI is InChI=1S/C33H63N7O6/c1-19(2)15-16-25(31(44)40(14)27(22(7)8)30(43)35-11)38(12)32(45)26(18-21(5)6)39(13)33(46)37-28(41)23(9)36-29(42)24(34-10)17-20(3)4/h19-27,34H,15-18H2,1-14H3,(H,35,43)(H,36,42)(H,37,41,46)/t23-,24-,25-,26+,27-/m0/s1. The summed E-state index contributed by atoms with van der Waals surface area (Å²) in [5.41, 5.74) is 0. The molecule has 266 valence electrons. The quantitative estimate of drug-likeness (QED) is 0.176. The number of nitrogens with one attached hydrogen (secondary N) is 4. The van der Waals surface area contributed by atoms with Gasteiger partial charge in [0.15, 0.2) is 0 Å². The van der Waals surface area contributed by atoms with Crippen molar-refractivity contribution in [3.05, 3.63) is 0 Å². The first-order valence-corrected chi connectivity index (χ1v) is 16.5. The third-order valence-electron chi connectivity index (χ3n) is 8.15. The monoisotopic (exact) mass is 653 g/mol. The van der Waals surface area contributed by atoms with Crippen LogP contribution in [0.15, 0.2) is 0 Å². The van der Waals surface area contributed by atoms with E-state index in [9.17, 15) is 28.8 Å². The summed E-state index contributed by atoms with van der Waals surface area (Å²) in [6.07, 6.45) is 1.88. The number of hydrogen-bond donors (Lipinski definition) is 4. The average molecular weight is 654 g/mol. The van der Waals surface area contributed by atoms with E-state index in [1.807, 2.05) is 55.4 Å². The van der Waals surface area contributed by atoms with E-state index in [1.165, 1.54) is 35.7 Å². The van der Waals surface area contributed by atoms with Crippen molar-refractivity contribution in [3.8, 4) is 0 Å². The molecule has 13 heteroatoms. The zero-order chi connectivity index (χ0) is 36.0. The van der Waals surface area contributed by atoms with Crippen LogP contribution in [0.2, 0.25) is 0 Å². The van der Waals surface area contributed by atoms with Crippen molar-refractivity contribution in [2.24, 2.45) is 23.7 Å². The Labute approximate surface area is 277 Å². The Kier molecular flexibility index (Phi) is 18.7. The summed E-state index contributed by atoms with van der Waals surface area (Å²) in [6.45, 7) is 17.0. The highest BCUT2D eigenvalue weighted by atomic mass is 16.2. The lowest BCUT2D eigenvalue weighted by Crippen LogP contribution is -2.60. The second-order valence-electron chi connectivity index (χ2n) is 13.9. The van der Waals surface area contributed by atoms with Crippen molar-refractivity contribution in [1.82, 2.24) is 36.0 Å². The molecule has 0 heterocycles. The molecular formula is C33H63N7O6. The first kappa shape index (κ1) is 42.8. The number of urea groups is 1. The maximum absolute atomic E-state index is 14.1. The van der Waals surface area contributed by atoms with E-state index < -0.39 is 48.1 Å². The minimum Gasteiger partial charge on any atom is -0.357 e. The summed E-state index contributed by atoms with van der Waals surface area (Å²) in [6, 6.07) is -4.88. The lowest BCUT2D eigenvalue weighted by atomic mass is 9.96. The highest BCUT2D eigenvalue weighted by Crippen LogP contribution is 2.21. The summed E-state index contributed by atoms with van der Waals surface area (Å²) in [5, 5.41) is 10.5. The molecule has 0 rings (SSSR count). The third-order valence-corrected chi connectivity index (χ3v) is 8.15.